The fourth-order valence-electron chi connectivity index (χ4n) is 1.36. The Bertz CT molecular complexity index is 497. The van der Waals surface area contributed by atoms with Gasteiger partial charge in [0.2, 0.25) is 0 Å². The SMILES string of the molecule is COc1nnc(-c2ccc(C)cc2)cc1Cl. The third-order valence-corrected chi connectivity index (χ3v) is 2.53. The van der Waals surface area contributed by atoms with Gasteiger partial charge in [0.1, 0.15) is 5.02 Å². The lowest BCUT2D eigenvalue weighted by Crippen LogP contribution is -1.93. The average Bonchev–Trinajstić information content (AvgIpc) is 2.30. The number of halogens is 1. The number of methoxy groups -OCH3 is 1. The van der Waals surface area contributed by atoms with Crippen molar-refractivity contribution in [1.82, 2.24) is 10.2 Å². The van der Waals surface area contributed by atoms with Gasteiger partial charge in [0.15, 0.2) is 0 Å². The number of hydrogen-bond donors (Lipinski definition) is 0. The van der Waals surface area contributed by atoms with Crippen molar-refractivity contribution in [3.63, 3.8) is 0 Å². The molecule has 0 spiro atoms. The van der Waals surface area contributed by atoms with E-state index in [1.165, 1.54) is 12.7 Å². The predicted octanol–water partition coefficient (Wildman–Crippen LogP) is 3.11. The minimum atomic E-state index is 0.345. The average molecular weight is 235 g/mol. The summed E-state index contributed by atoms with van der Waals surface area (Å²) in [4.78, 5) is 0. The van der Waals surface area contributed by atoms with Crippen molar-refractivity contribution < 1.29 is 4.74 Å². The van der Waals surface area contributed by atoms with E-state index in [0.717, 1.165) is 11.3 Å². The van der Waals surface area contributed by atoms with Crippen LogP contribution >= 0.6 is 11.6 Å². The highest BCUT2D eigenvalue weighted by molar-refractivity contribution is 6.32. The van der Waals surface area contributed by atoms with Crippen LogP contribution in [0.15, 0.2) is 30.3 Å². The normalized spacial score (nSPS) is 10.2. The molecule has 0 aliphatic heterocycles. The van der Waals surface area contributed by atoms with E-state index >= 15 is 0 Å². The molecule has 0 bridgehead atoms. The van der Waals surface area contributed by atoms with E-state index in [-0.39, 0.29) is 0 Å². The maximum Gasteiger partial charge on any atom is 0.252 e. The molecule has 1 aromatic carbocycles. The molecule has 0 amide bonds. The molecule has 0 aliphatic rings. The molecule has 0 unspecified atom stereocenters. The number of benzene rings is 1. The molecule has 1 aromatic heterocycles. The summed E-state index contributed by atoms with van der Waals surface area (Å²) in [6.45, 7) is 2.04. The summed E-state index contributed by atoms with van der Waals surface area (Å²) < 4.78 is 4.95. The Kier molecular flexibility index (Phi) is 3.06. The minimum Gasteiger partial charge on any atom is -0.479 e. The fraction of sp³-hybridized carbons (Fsp3) is 0.167. The van der Waals surface area contributed by atoms with Gasteiger partial charge in [-0.2, -0.15) is 0 Å². The molecule has 0 saturated carbocycles. The van der Waals surface area contributed by atoms with Crippen LogP contribution in [0.4, 0.5) is 0 Å². The van der Waals surface area contributed by atoms with Crippen LogP contribution < -0.4 is 4.74 Å². The van der Waals surface area contributed by atoms with E-state index in [1.54, 1.807) is 6.07 Å². The zero-order valence-corrected chi connectivity index (χ0v) is 9.82. The van der Waals surface area contributed by atoms with Crippen LogP contribution in [-0.4, -0.2) is 17.3 Å². The second-order valence-electron chi connectivity index (χ2n) is 3.45. The molecule has 0 N–H and O–H groups in total. The van der Waals surface area contributed by atoms with Gasteiger partial charge >= 0.3 is 0 Å². The maximum absolute atomic E-state index is 5.98. The molecule has 82 valence electrons. The molecule has 0 fully saturated rings. The van der Waals surface area contributed by atoms with Gasteiger partial charge in [-0.3, -0.25) is 0 Å². The Morgan fingerprint density at radius 2 is 1.81 bits per heavy atom. The van der Waals surface area contributed by atoms with Crippen molar-refractivity contribution >= 4 is 11.6 Å². The van der Waals surface area contributed by atoms with Crippen LogP contribution in [0.2, 0.25) is 5.02 Å². The van der Waals surface area contributed by atoms with E-state index in [2.05, 4.69) is 10.2 Å². The van der Waals surface area contributed by atoms with Crippen LogP contribution in [0.5, 0.6) is 5.88 Å². The van der Waals surface area contributed by atoms with Crippen LogP contribution in [0.3, 0.4) is 0 Å². The Labute approximate surface area is 99.0 Å². The first-order valence-electron chi connectivity index (χ1n) is 4.85. The first kappa shape index (κ1) is 10.9. The number of nitrogens with zero attached hydrogens (tertiary/aromatic N) is 2. The molecule has 16 heavy (non-hydrogen) atoms. The Morgan fingerprint density at radius 3 is 2.38 bits per heavy atom. The number of rotatable bonds is 2. The van der Waals surface area contributed by atoms with Crippen LogP contribution in [0.25, 0.3) is 11.3 Å². The van der Waals surface area contributed by atoms with E-state index in [0.29, 0.717) is 10.9 Å². The topological polar surface area (TPSA) is 35.0 Å². The number of aromatic nitrogens is 2. The summed E-state index contributed by atoms with van der Waals surface area (Å²) in [5.41, 5.74) is 2.93. The number of ether oxygens (including phenoxy) is 1. The monoisotopic (exact) mass is 234 g/mol. The van der Waals surface area contributed by atoms with Crippen molar-refractivity contribution in [2.45, 2.75) is 6.92 Å². The lowest BCUT2D eigenvalue weighted by Gasteiger charge is -2.04. The highest BCUT2D eigenvalue weighted by Gasteiger charge is 2.06. The van der Waals surface area contributed by atoms with Crippen molar-refractivity contribution in [3.05, 3.63) is 40.9 Å². The van der Waals surface area contributed by atoms with Gasteiger partial charge in [-0.25, -0.2) is 0 Å². The summed E-state index contributed by atoms with van der Waals surface area (Å²) in [6.07, 6.45) is 0. The molecule has 0 saturated heterocycles. The first-order chi connectivity index (χ1) is 7.70. The standard InChI is InChI=1S/C12H11ClN2O/c1-8-3-5-9(6-4-8)11-7-10(13)12(16-2)15-14-11/h3-7H,1-2H3. The van der Waals surface area contributed by atoms with Gasteiger partial charge < -0.3 is 4.74 Å². The molecule has 0 aliphatic carbocycles. The van der Waals surface area contributed by atoms with Gasteiger partial charge in [0.25, 0.3) is 5.88 Å². The quantitative estimate of drug-likeness (QED) is 0.801. The first-order valence-corrected chi connectivity index (χ1v) is 5.23. The van der Waals surface area contributed by atoms with Gasteiger partial charge in [0, 0.05) is 5.56 Å². The third kappa shape index (κ3) is 2.14. The smallest absolute Gasteiger partial charge is 0.252 e. The van der Waals surface area contributed by atoms with Crippen molar-refractivity contribution in [2.24, 2.45) is 0 Å². The molecule has 1 heterocycles. The number of aryl methyl sites for hydroxylation is 1. The van der Waals surface area contributed by atoms with Crippen LogP contribution in [0, 0.1) is 6.92 Å². The van der Waals surface area contributed by atoms with E-state index in [1.807, 2.05) is 31.2 Å². The highest BCUT2D eigenvalue weighted by Crippen LogP contribution is 2.25. The van der Waals surface area contributed by atoms with Crippen molar-refractivity contribution in [1.29, 1.82) is 0 Å². The zero-order chi connectivity index (χ0) is 11.5. The van der Waals surface area contributed by atoms with E-state index in [4.69, 9.17) is 16.3 Å². The highest BCUT2D eigenvalue weighted by atomic mass is 35.5. The van der Waals surface area contributed by atoms with E-state index in [9.17, 15) is 0 Å². The largest absolute Gasteiger partial charge is 0.479 e. The Balaban J connectivity index is 2.41. The fourth-order valence-corrected chi connectivity index (χ4v) is 1.58. The second kappa shape index (κ2) is 4.49. The summed E-state index contributed by atoms with van der Waals surface area (Å²) in [7, 11) is 1.52. The Hall–Kier alpha value is -1.61. The summed E-state index contributed by atoms with van der Waals surface area (Å²) in [6, 6.07) is 9.77. The minimum absolute atomic E-state index is 0.345. The van der Waals surface area contributed by atoms with Crippen LogP contribution in [0.1, 0.15) is 5.56 Å². The molecular weight excluding hydrogens is 224 g/mol. The van der Waals surface area contributed by atoms with Crippen molar-refractivity contribution in [2.75, 3.05) is 7.11 Å². The third-order valence-electron chi connectivity index (χ3n) is 2.26. The van der Waals surface area contributed by atoms with Gasteiger partial charge in [-0.1, -0.05) is 41.4 Å². The second-order valence-corrected chi connectivity index (χ2v) is 3.86. The molecule has 3 nitrogen and oxygen atoms in total. The van der Waals surface area contributed by atoms with Gasteiger partial charge in [0.05, 0.1) is 12.8 Å². The molecule has 2 aromatic rings. The van der Waals surface area contributed by atoms with Gasteiger partial charge in [-0.05, 0) is 13.0 Å². The Morgan fingerprint density at radius 1 is 1.12 bits per heavy atom. The maximum atomic E-state index is 5.98. The lowest BCUT2D eigenvalue weighted by molar-refractivity contribution is 0.392. The summed E-state index contributed by atoms with van der Waals surface area (Å²) in [5, 5.41) is 8.41. The summed E-state index contributed by atoms with van der Waals surface area (Å²) >= 11 is 5.98. The van der Waals surface area contributed by atoms with Crippen molar-refractivity contribution in [3.8, 4) is 17.1 Å². The zero-order valence-electron chi connectivity index (χ0n) is 9.07. The van der Waals surface area contributed by atoms with E-state index < -0.39 is 0 Å². The van der Waals surface area contributed by atoms with Crippen LogP contribution in [-0.2, 0) is 0 Å². The summed E-state index contributed by atoms with van der Waals surface area (Å²) in [5.74, 6) is 0.345. The molecule has 4 heteroatoms. The molecular formula is C12H11ClN2O. The van der Waals surface area contributed by atoms with Gasteiger partial charge in [-0.15, -0.1) is 10.2 Å². The molecule has 0 atom stereocenters. The number of hydrogen-bond acceptors (Lipinski definition) is 3. The predicted molar refractivity (Wildman–Crippen MR) is 63.8 cm³/mol. The molecule has 0 radical (unpaired) electrons. The lowest BCUT2D eigenvalue weighted by atomic mass is 10.1. The molecule has 2 rings (SSSR count).